The van der Waals surface area contributed by atoms with E-state index in [-0.39, 0.29) is 29.6 Å². The van der Waals surface area contributed by atoms with E-state index < -0.39 is 11.7 Å². The van der Waals surface area contributed by atoms with E-state index in [9.17, 15) is 10.1 Å². The highest BCUT2D eigenvalue weighted by molar-refractivity contribution is 5.96. The first-order valence-electron chi connectivity index (χ1n) is 18.8. The largest absolute Gasteiger partial charge is 0.495 e. The van der Waals surface area contributed by atoms with Crippen molar-refractivity contribution in [2.75, 3.05) is 50.1 Å². The number of carbonyl (C=O) groups is 1. The number of anilines is 3. The van der Waals surface area contributed by atoms with Gasteiger partial charge in [0.25, 0.3) is 5.91 Å². The van der Waals surface area contributed by atoms with Crippen molar-refractivity contribution in [1.82, 2.24) is 34.6 Å². The summed E-state index contributed by atoms with van der Waals surface area (Å²) in [7, 11) is 1.50. The summed E-state index contributed by atoms with van der Waals surface area (Å²) < 4.78 is 23.2. The third kappa shape index (κ3) is 7.13. The quantitative estimate of drug-likeness (QED) is 0.262. The van der Waals surface area contributed by atoms with Crippen LogP contribution in [0.3, 0.4) is 0 Å². The Hall–Kier alpha value is -4.28. The van der Waals surface area contributed by atoms with E-state index >= 15 is 4.39 Å². The van der Waals surface area contributed by atoms with Crippen LogP contribution in [0.2, 0.25) is 0 Å². The van der Waals surface area contributed by atoms with Crippen molar-refractivity contribution in [3.8, 4) is 17.5 Å². The Morgan fingerprint density at radius 3 is 2.47 bits per heavy atom. The van der Waals surface area contributed by atoms with Crippen LogP contribution in [0, 0.1) is 23.1 Å². The van der Waals surface area contributed by atoms with Gasteiger partial charge >= 0.3 is 0 Å². The van der Waals surface area contributed by atoms with Gasteiger partial charge < -0.3 is 30.1 Å². The molecule has 3 aliphatic heterocycles. The molecule has 7 rings (SSSR count). The van der Waals surface area contributed by atoms with Crippen LogP contribution in [-0.4, -0.2) is 93.2 Å². The van der Waals surface area contributed by atoms with Gasteiger partial charge in [0.2, 0.25) is 5.95 Å². The molecular formula is C38H51FN10O2. The topological polar surface area (TPSA) is 127 Å². The molecule has 0 spiro atoms. The van der Waals surface area contributed by atoms with Crippen LogP contribution in [0.5, 0.6) is 5.75 Å². The van der Waals surface area contributed by atoms with Crippen molar-refractivity contribution in [3.63, 3.8) is 0 Å². The molecule has 2 N–H and O–H groups in total. The van der Waals surface area contributed by atoms with Gasteiger partial charge in [-0.3, -0.25) is 9.36 Å². The highest BCUT2D eigenvalue weighted by atomic mass is 19.1. The zero-order valence-corrected chi connectivity index (χ0v) is 30.4. The summed E-state index contributed by atoms with van der Waals surface area (Å²) in [6.07, 6.45) is 12.6. The van der Waals surface area contributed by atoms with Crippen molar-refractivity contribution in [2.24, 2.45) is 5.92 Å². The van der Waals surface area contributed by atoms with Gasteiger partial charge in [-0.25, -0.2) is 14.4 Å². The minimum Gasteiger partial charge on any atom is -0.495 e. The number of fused-ring (bicyclic) bond motifs is 3. The number of methoxy groups -OCH3 is 1. The highest BCUT2D eigenvalue weighted by Gasteiger charge is 2.39. The zero-order chi connectivity index (χ0) is 35.6. The average Bonchev–Trinajstić information content (AvgIpc) is 3.82. The molecule has 12 nitrogen and oxygen atoms in total. The molecule has 4 aliphatic rings. The summed E-state index contributed by atoms with van der Waals surface area (Å²) in [6.45, 7) is 12.0. The van der Waals surface area contributed by atoms with Gasteiger partial charge in [-0.05, 0) is 70.0 Å². The van der Waals surface area contributed by atoms with E-state index in [0.717, 1.165) is 88.3 Å². The molecule has 1 atom stereocenters. The fourth-order valence-electron chi connectivity index (χ4n) is 8.79. The molecule has 5 heterocycles. The Balaban J connectivity index is 1.04. The molecule has 0 bridgehead atoms. The number of rotatable bonds is 10. The first kappa shape index (κ1) is 35.1. The summed E-state index contributed by atoms with van der Waals surface area (Å²) in [5, 5.41) is 16.1. The molecule has 2 saturated heterocycles. The lowest BCUT2D eigenvalue weighted by molar-refractivity contribution is 0.0737. The number of likely N-dealkylation sites (tertiary alicyclic amines) is 2. The summed E-state index contributed by atoms with van der Waals surface area (Å²) in [5.41, 5.74) is 2.31. The van der Waals surface area contributed by atoms with Crippen molar-refractivity contribution in [3.05, 3.63) is 47.4 Å². The van der Waals surface area contributed by atoms with Crippen molar-refractivity contribution in [2.45, 2.75) is 103 Å². The van der Waals surface area contributed by atoms with E-state index in [4.69, 9.17) is 9.72 Å². The molecule has 2 aromatic heterocycles. The lowest BCUT2D eigenvalue weighted by Gasteiger charge is -2.42. The average molecular weight is 699 g/mol. The number of benzene rings is 1. The maximum atomic E-state index is 15.7. The SMILES string of the molecule is CC[C@@H]1c2c(C#N)ncn2-c2cnc(Nc3cc(F)c(C(=O)NC4CCN(C5CCN(CC(C)C)CC5)CC4)cc3OC)nc2N1C1CCCC1. The number of imidazole rings is 1. The van der Waals surface area contributed by atoms with Gasteiger partial charge in [-0.2, -0.15) is 10.2 Å². The summed E-state index contributed by atoms with van der Waals surface area (Å²) in [6, 6.07) is 5.80. The molecule has 1 saturated carbocycles. The van der Waals surface area contributed by atoms with Crippen molar-refractivity contribution in [1.29, 1.82) is 5.26 Å². The molecule has 272 valence electrons. The Morgan fingerprint density at radius 2 is 1.80 bits per heavy atom. The summed E-state index contributed by atoms with van der Waals surface area (Å²) >= 11 is 0. The van der Waals surface area contributed by atoms with Crippen LogP contribution >= 0.6 is 0 Å². The standard InChI is InChI=1S/C38H51FN10O2/c1-5-32-35-31(20-40)42-23-48(35)33-21-41-38(45-36(33)49(32)27-8-6-7-9-27)44-30-19-29(39)28(18-34(30)51-4)37(50)43-25-10-16-47(17-11-25)26-12-14-46(15-13-26)22-24(2)3/h18-19,21,23-27,32H,5-17,22H2,1-4H3,(H,43,50)(H,41,44,45)/t32-/m1/s1. The van der Waals surface area contributed by atoms with Crippen molar-refractivity contribution < 1.29 is 13.9 Å². The number of carbonyl (C=O) groups excluding carboxylic acids is 1. The lowest BCUT2D eigenvalue weighted by atomic mass is 9.97. The number of aromatic nitrogens is 4. The Kier molecular flexibility index (Phi) is 10.4. The van der Waals surface area contributed by atoms with E-state index in [1.54, 1.807) is 12.5 Å². The molecule has 1 aromatic carbocycles. The predicted octanol–water partition coefficient (Wildman–Crippen LogP) is 5.95. The summed E-state index contributed by atoms with van der Waals surface area (Å²) in [5.74, 6) is 0.952. The molecule has 3 fully saturated rings. The van der Waals surface area contributed by atoms with Crippen LogP contribution in [-0.2, 0) is 0 Å². The number of nitriles is 1. The number of amides is 1. The minimum atomic E-state index is -0.648. The Bertz CT molecular complexity index is 1750. The predicted molar refractivity (Wildman–Crippen MR) is 194 cm³/mol. The van der Waals surface area contributed by atoms with Crippen LogP contribution in [0.1, 0.15) is 106 Å². The number of ether oxygens (including phenoxy) is 1. The second kappa shape index (κ2) is 15.1. The van der Waals surface area contributed by atoms with E-state index in [1.807, 2.05) is 4.57 Å². The third-order valence-electron chi connectivity index (χ3n) is 11.3. The molecular weight excluding hydrogens is 647 g/mol. The van der Waals surface area contributed by atoms with Gasteiger partial charge in [-0.15, -0.1) is 0 Å². The minimum absolute atomic E-state index is 0.00289. The third-order valence-corrected chi connectivity index (χ3v) is 11.3. The number of nitrogens with zero attached hydrogens (tertiary/aromatic N) is 8. The molecule has 0 radical (unpaired) electrons. The maximum Gasteiger partial charge on any atom is 0.254 e. The highest BCUT2D eigenvalue weighted by Crippen LogP contribution is 2.44. The second-order valence-electron chi connectivity index (χ2n) is 15.0. The van der Waals surface area contributed by atoms with Gasteiger partial charge in [0.15, 0.2) is 11.5 Å². The van der Waals surface area contributed by atoms with Gasteiger partial charge in [0.1, 0.15) is 29.7 Å². The van der Waals surface area contributed by atoms with E-state index in [0.29, 0.717) is 29.1 Å². The number of piperidine rings is 2. The van der Waals surface area contributed by atoms with Gasteiger partial charge in [-0.1, -0.05) is 33.6 Å². The number of halogens is 1. The normalized spacial score (nSPS) is 20.6. The first-order chi connectivity index (χ1) is 24.8. The molecule has 51 heavy (non-hydrogen) atoms. The number of hydrogen-bond donors (Lipinski definition) is 2. The maximum absolute atomic E-state index is 15.7. The van der Waals surface area contributed by atoms with Gasteiger partial charge in [0.05, 0.1) is 36.3 Å². The number of nitrogens with one attached hydrogen (secondary N) is 2. The van der Waals surface area contributed by atoms with Crippen LogP contribution in [0.25, 0.3) is 5.69 Å². The van der Waals surface area contributed by atoms with Crippen molar-refractivity contribution >= 4 is 23.4 Å². The first-order valence-corrected chi connectivity index (χ1v) is 18.8. The smallest absolute Gasteiger partial charge is 0.254 e. The molecule has 0 unspecified atom stereocenters. The molecule has 3 aromatic rings. The Morgan fingerprint density at radius 1 is 1.06 bits per heavy atom. The van der Waals surface area contributed by atoms with Crippen LogP contribution < -0.4 is 20.3 Å². The van der Waals surface area contributed by atoms with Gasteiger partial charge in [0, 0.05) is 43.8 Å². The lowest BCUT2D eigenvalue weighted by Crippen LogP contribution is -2.51. The monoisotopic (exact) mass is 698 g/mol. The molecule has 13 heteroatoms. The van der Waals surface area contributed by atoms with E-state index in [2.05, 4.69) is 62.1 Å². The fraction of sp³-hybridized carbons (Fsp3) is 0.605. The summed E-state index contributed by atoms with van der Waals surface area (Å²) in [4.78, 5) is 34.8. The van der Waals surface area contributed by atoms with E-state index in [1.165, 1.54) is 38.6 Å². The Labute approximate surface area is 300 Å². The second-order valence-corrected chi connectivity index (χ2v) is 15.0. The zero-order valence-electron chi connectivity index (χ0n) is 30.4. The van der Waals surface area contributed by atoms with Crippen LogP contribution in [0.4, 0.5) is 21.8 Å². The molecule has 1 aliphatic carbocycles. The van der Waals surface area contributed by atoms with Crippen LogP contribution in [0.15, 0.2) is 24.7 Å². The fourth-order valence-corrected chi connectivity index (χ4v) is 8.79. The molecule has 1 amide bonds. The number of hydrogen-bond acceptors (Lipinski definition) is 10.